The van der Waals surface area contributed by atoms with Gasteiger partial charge in [-0.25, -0.2) is 0 Å². The summed E-state index contributed by atoms with van der Waals surface area (Å²) in [6.07, 6.45) is -3.79. The number of anilines is 1. The Morgan fingerprint density at radius 3 is 2.44 bits per heavy atom. The SMILES string of the molecule is O=C1Nc2c(cccc2C(F)(F)F)C1N=Nc1ccc(C(=O)N2CCc3ccccc3C2)cc1. The first kappa shape index (κ1) is 21.8. The number of halogens is 3. The highest BCUT2D eigenvalue weighted by Gasteiger charge is 2.40. The fourth-order valence-electron chi connectivity index (χ4n) is 4.27. The topological polar surface area (TPSA) is 74.1 Å². The maximum atomic E-state index is 13.2. The number of para-hydroxylation sites is 1. The predicted octanol–water partition coefficient (Wildman–Crippen LogP) is 5.68. The minimum absolute atomic E-state index is 0.0956. The van der Waals surface area contributed by atoms with E-state index in [1.807, 2.05) is 18.2 Å². The largest absolute Gasteiger partial charge is 0.418 e. The Balaban J connectivity index is 1.31. The smallest absolute Gasteiger partial charge is 0.334 e. The normalized spacial score (nSPS) is 17.4. The van der Waals surface area contributed by atoms with Gasteiger partial charge in [0, 0.05) is 24.2 Å². The van der Waals surface area contributed by atoms with Crippen LogP contribution in [0.4, 0.5) is 24.5 Å². The summed E-state index contributed by atoms with van der Waals surface area (Å²) in [5.41, 5.74) is 2.19. The maximum absolute atomic E-state index is 13.2. The van der Waals surface area contributed by atoms with Crippen molar-refractivity contribution in [3.8, 4) is 0 Å². The van der Waals surface area contributed by atoms with Crippen LogP contribution in [0.5, 0.6) is 0 Å². The lowest BCUT2D eigenvalue weighted by atomic mass is 9.99. The molecule has 9 heteroatoms. The lowest BCUT2D eigenvalue weighted by Crippen LogP contribution is -2.35. The van der Waals surface area contributed by atoms with Gasteiger partial charge in [0.2, 0.25) is 0 Å². The van der Waals surface area contributed by atoms with E-state index >= 15 is 0 Å². The molecule has 1 N–H and O–H groups in total. The second-order valence-corrected chi connectivity index (χ2v) is 8.17. The van der Waals surface area contributed by atoms with E-state index < -0.39 is 23.7 Å². The highest BCUT2D eigenvalue weighted by Crippen LogP contribution is 2.43. The van der Waals surface area contributed by atoms with Crippen molar-refractivity contribution in [2.24, 2.45) is 10.2 Å². The molecule has 3 aromatic carbocycles. The van der Waals surface area contributed by atoms with E-state index in [1.165, 1.54) is 17.7 Å². The van der Waals surface area contributed by atoms with Gasteiger partial charge in [-0.2, -0.15) is 23.4 Å². The molecule has 0 spiro atoms. The number of benzene rings is 3. The van der Waals surface area contributed by atoms with Gasteiger partial charge in [-0.05, 0) is 47.9 Å². The van der Waals surface area contributed by atoms with Gasteiger partial charge in [0.25, 0.3) is 11.8 Å². The van der Waals surface area contributed by atoms with E-state index in [0.29, 0.717) is 24.3 Å². The summed E-state index contributed by atoms with van der Waals surface area (Å²) in [5.74, 6) is -0.769. The van der Waals surface area contributed by atoms with E-state index in [0.717, 1.165) is 18.1 Å². The molecule has 0 aromatic heterocycles. The monoisotopic (exact) mass is 464 g/mol. The summed E-state index contributed by atoms with van der Waals surface area (Å²) >= 11 is 0. The number of nitrogens with zero attached hydrogens (tertiary/aromatic N) is 3. The minimum Gasteiger partial charge on any atom is -0.334 e. The zero-order valence-corrected chi connectivity index (χ0v) is 17.8. The van der Waals surface area contributed by atoms with Crippen LogP contribution in [0.25, 0.3) is 0 Å². The summed E-state index contributed by atoms with van der Waals surface area (Å²) in [6.45, 7) is 1.18. The number of amides is 2. The summed E-state index contributed by atoms with van der Waals surface area (Å²) in [7, 11) is 0. The van der Waals surface area contributed by atoms with E-state index in [-0.39, 0.29) is 17.2 Å². The first-order chi connectivity index (χ1) is 16.3. The molecule has 0 saturated heterocycles. The van der Waals surface area contributed by atoms with Crippen molar-refractivity contribution >= 4 is 23.2 Å². The summed E-state index contributed by atoms with van der Waals surface area (Å²) < 4.78 is 39.7. The highest BCUT2D eigenvalue weighted by molar-refractivity contribution is 6.03. The second-order valence-electron chi connectivity index (χ2n) is 8.17. The van der Waals surface area contributed by atoms with E-state index in [2.05, 4.69) is 21.6 Å². The molecule has 6 nitrogen and oxygen atoms in total. The van der Waals surface area contributed by atoms with Crippen LogP contribution in [0.3, 0.4) is 0 Å². The summed E-state index contributed by atoms with van der Waals surface area (Å²) in [4.78, 5) is 27.0. The van der Waals surface area contributed by atoms with Crippen LogP contribution in [-0.2, 0) is 23.9 Å². The van der Waals surface area contributed by atoms with Crippen LogP contribution in [0, 0.1) is 0 Å². The van der Waals surface area contributed by atoms with Crippen molar-refractivity contribution in [1.82, 2.24) is 4.90 Å². The predicted molar refractivity (Wildman–Crippen MR) is 119 cm³/mol. The molecule has 0 bridgehead atoms. The number of hydrogen-bond acceptors (Lipinski definition) is 4. The fourth-order valence-corrected chi connectivity index (χ4v) is 4.27. The Labute approximate surface area is 193 Å². The van der Waals surface area contributed by atoms with E-state index in [1.54, 1.807) is 29.2 Å². The van der Waals surface area contributed by atoms with Gasteiger partial charge >= 0.3 is 6.18 Å². The van der Waals surface area contributed by atoms with Gasteiger partial charge in [-0.1, -0.05) is 36.4 Å². The van der Waals surface area contributed by atoms with Crippen LogP contribution in [-0.4, -0.2) is 23.3 Å². The highest BCUT2D eigenvalue weighted by atomic mass is 19.4. The van der Waals surface area contributed by atoms with Gasteiger partial charge in [0.05, 0.1) is 16.9 Å². The number of nitrogens with one attached hydrogen (secondary N) is 1. The Morgan fingerprint density at radius 2 is 1.71 bits per heavy atom. The second kappa shape index (κ2) is 8.40. The molecule has 3 aromatic rings. The number of carbonyl (C=O) groups is 2. The molecule has 0 aliphatic carbocycles. The standard InChI is InChI=1S/C25H19F3N4O2/c26-25(27,28)20-7-3-6-19-21(20)29-23(33)22(19)31-30-18-10-8-16(9-11-18)24(34)32-13-12-15-4-1-2-5-17(15)14-32/h1-11,22H,12-14H2,(H,29,33). The molecule has 0 radical (unpaired) electrons. The van der Waals surface area contributed by atoms with Crippen LogP contribution in [0.15, 0.2) is 77.0 Å². The van der Waals surface area contributed by atoms with Gasteiger partial charge in [-0.15, -0.1) is 0 Å². The fraction of sp³-hybridized carbons (Fsp3) is 0.200. The molecule has 1 atom stereocenters. The lowest BCUT2D eigenvalue weighted by Gasteiger charge is -2.29. The molecule has 1 unspecified atom stereocenters. The Kier molecular flexibility index (Phi) is 5.39. The van der Waals surface area contributed by atoms with Crippen LogP contribution < -0.4 is 5.32 Å². The number of fused-ring (bicyclic) bond motifs is 2. The van der Waals surface area contributed by atoms with Crippen LogP contribution in [0.2, 0.25) is 0 Å². The van der Waals surface area contributed by atoms with Gasteiger partial charge in [0.15, 0.2) is 6.04 Å². The first-order valence-corrected chi connectivity index (χ1v) is 10.7. The Morgan fingerprint density at radius 1 is 0.971 bits per heavy atom. The number of hydrogen-bond donors (Lipinski definition) is 1. The number of rotatable bonds is 3. The number of azo groups is 1. The van der Waals surface area contributed by atoms with E-state index in [9.17, 15) is 22.8 Å². The summed E-state index contributed by atoms with van der Waals surface area (Å²) in [6, 6.07) is 16.9. The van der Waals surface area contributed by atoms with Crippen molar-refractivity contribution < 1.29 is 22.8 Å². The number of carbonyl (C=O) groups excluding carboxylic acids is 2. The molecule has 0 saturated carbocycles. The van der Waals surface area contributed by atoms with Crippen molar-refractivity contribution in [1.29, 1.82) is 0 Å². The molecular formula is C25H19F3N4O2. The molecule has 2 heterocycles. The molecule has 5 rings (SSSR count). The van der Waals surface area contributed by atoms with Crippen molar-refractivity contribution in [3.63, 3.8) is 0 Å². The molecule has 2 amide bonds. The zero-order chi connectivity index (χ0) is 23.9. The third-order valence-corrected chi connectivity index (χ3v) is 6.01. The summed E-state index contributed by atoms with van der Waals surface area (Å²) in [5, 5.41) is 10.3. The first-order valence-electron chi connectivity index (χ1n) is 10.7. The zero-order valence-electron chi connectivity index (χ0n) is 17.8. The molecular weight excluding hydrogens is 445 g/mol. The lowest BCUT2D eigenvalue weighted by molar-refractivity contribution is -0.136. The Bertz CT molecular complexity index is 1300. The van der Waals surface area contributed by atoms with E-state index in [4.69, 9.17) is 0 Å². The molecule has 34 heavy (non-hydrogen) atoms. The molecule has 2 aliphatic heterocycles. The number of alkyl halides is 3. The Hall–Kier alpha value is -4.01. The van der Waals surface area contributed by atoms with Gasteiger partial charge in [0.1, 0.15) is 0 Å². The van der Waals surface area contributed by atoms with Gasteiger partial charge in [-0.3, -0.25) is 9.59 Å². The van der Waals surface area contributed by atoms with Gasteiger partial charge < -0.3 is 10.2 Å². The van der Waals surface area contributed by atoms with Crippen LogP contribution >= 0.6 is 0 Å². The average Bonchev–Trinajstić information content (AvgIpc) is 3.16. The van der Waals surface area contributed by atoms with Crippen molar-refractivity contribution in [3.05, 3.63) is 94.5 Å². The van der Waals surface area contributed by atoms with Crippen molar-refractivity contribution in [2.75, 3.05) is 11.9 Å². The molecule has 172 valence electrons. The van der Waals surface area contributed by atoms with Crippen molar-refractivity contribution in [2.45, 2.75) is 25.2 Å². The molecule has 0 fully saturated rings. The quantitative estimate of drug-likeness (QED) is 0.507. The van der Waals surface area contributed by atoms with Crippen LogP contribution in [0.1, 0.15) is 38.7 Å². The average molecular weight is 464 g/mol. The molecule has 2 aliphatic rings. The minimum atomic E-state index is -4.59. The maximum Gasteiger partial charge on any atom is 0.418 e. The third kappa shape index (κ3) is 4.05. The third-order valence-electron chi connectivity index (χ3n) is 6.01.